The number of hydrogen-bond acceptors (Lipinski definition) is 3. The lowest BCUT2D eigenvalue weighted by Crippen LogP contribution is -2.38. The number of nitrogens with one attached hydrogen (secondary N) is 1. The molecule has 0 saturated carbocycles. The second kappa shape index (κ2) is 4.42. The Hall–Kier alpha value is -0.880. The molecule has 1 atom stereocenters. The van der Waals surface area contributed by atoms with Crippen LogP contribution in [0, 0.1) is 0 Å². The Bertz CT molecular complexity index is 532. The van der Waals surface area contributed by atoms with Gasteiger partial charge in [0.25, 0.3) is 5.56 Å². The standard InChI is InChI=1S/C11H15BrN2O3/c1-11(2)4-3-7(17-11)6-14-9(15)8(12)5-13-10(14)16/h5,7H,3-4,6H2,1-2H3,(H,13,16). The van der Waals surface area contributed by atoms with Crippen LogP contribution >= 0.6 is 15.9 Å². The largest absolute Gasteiger partial charge is 0.370 e. The molecule has 1 aliphatic rings. The normalized spacial score (nSPS) is 22.9. The van der Waals surface area contributed by atoms with Crippen LogP contribution in [0.4, 0.5) is 0 Å². The first-order valence-corrected chi connectivity index (χ1v) is 6.34. The van der Waals surface area contributed by atoms with Crippen LogP contribution < -0.4 is 11.2 Å². The van der Waals surface area contributed by atoms with Crippen molar-refractivity contribution >= 4 is 15.9 Å². The molecular weight excluding hydrogens is 288 g/mol. The van der Waals surface area contributed by atoms with E-state index in [9.17, 15) is 9.59 Å². The zero-order valence-electron chi connectivity index (χ0n) is 9.83. The summed E-state index contributed by atoms with van der Waals surface area (Å²) in [7, 11) is 0. The molecule has 1 N–H and O–H groups in total. The van der Waals surface area contributed by atoms with E-state index in [0.717, 1.165) is 12.8 Å². The van der Waals surface area contributed by atoms with Crippen molar-refractivity contribution in [1.82, 2.24) is 9.55 Å². The number of nitrogens with zero attached hydrogens (tertiary/aromatic N) is 1. The fourth-order valence-corrected chi connectivity index (χ4v) is 2.39. The van der Waals surface area contributed by atoms with E-state index < -0.39 is 5.69 Å². The molecule has 1 saturated heterocycles. The van der Waals surface area contributed by atoms with Gasteiger partial charge in [-0.1, -0.05) is 0 Å². The quantitative estimate of drug-likeness (QED) is 0.894. The zero-order valence-corrected chi connectivity index (χ0v) is 11.4. The number of hydrogen-bond donors (Lipinski definition) is 1. The third-order valence-electron chi connectivity index (χ3n) is 2.96. The van der Waals surface area contributed by atoms with Gasteiger partial charge in [0.15, 0.2) is 0 Å². The van der Waals surface area contributed by atoms with Gasteiger partial charge in [0.2, 0.25) is 0 Å². The van der Waals surface area contributed by atoms with Crippen molar-refractivity contribution in [3.8, 4) is 0 Å². The molecule has 17 heavy (non-hydrogen) atoms. The van der Waals surface area contributed by atoms with Crippen molar-refractivity contribution in [2.24, 2.45) is 0 Å². The molecule has 1 aromatic rings. The van der Waals surface area contributed by atoms with Crippen molar-refractivity contribution in [2.75, 3.05) is 0 Å². The van der Waals surface area contributed by atoms with Crippen LogP contribution in [0.15, 0.2) is 20.3 Å². The van der Waals surface area contributed by atoms with E-state index in [4.69, 9.17) is 4.74 Å². The Balaban J connectivity index is 2.23. The summed E-state index contributed by atoms with van der Waals surface area (Å²) in [6.07, 6.45) is 3.10. The summed E-state index contributed by atoms with van der Waals surface area (Å²) >= 11 is 3.11. The van der Waals surface area contributed by atoms with E-state index in [1.165, 1.54) is 10.8 Å². The highest BCUT2D eigenvalue weighted by Crippen LogP contribution is 2.29. The summed E-state index contributed by atoms with van der Waals surface area (Å²) in [6.45, 7) is 4.33. The minimum absolute atomic E-state index is 0.0712. The molecule has 1 aromatic heterocycles. The number of H-pyrrole nitrogens is 1. The van der Waals surface area contributed by atoms with Crippen LogP contribution in [-0.4, -0.2) is 21.3 Å². The molecule has 0 amide bonds. The Kier molecular flexibility index (Phi) is 3.27. The van der Waals surface area contributed by atoms with Gasteiger partial charge in [0.05, 0.1) is 22.7 Å². The summed E-state index contributed by atoms with van der Waals surface area (Å²) < 4.78 is 7.31. The maximum atomic E-state index is 11.8. The predicted molar refractivity (Wildman–Crippen MR) is 67.2 cm³/mol. The highest BCUT2D eigenvalue weighted by Gasteiger charge is 2.32. The van der Waals surface area contributed by atoms with Crippen molar-refractivity contribution < 1.29 is 4.74 Å². The van der Waals surface area contributed by atoms with Crippen LogP contribution in [0.5, 0.6) is 0 Å². The SMILES string of the molecule is CC1(C)CCC(Cn2c(=O)[nH]cc(Br)c2=O)O1. The van der Waals surface area contributed by atoms with E-state index >= 15 is 0 Å². The molecule has 1 unspecified atom stereocenters. The number of rotatable bonds is 2. The van der Waals surface area contributed by atoms with Gasteiger partial charge >= 0.3 is 5.69 Å². The van der Waals surface area contributed by atoms with E-state index in [-0.39, 0.29) is 17.3 Å². The van der Waals surface area contributed by atoms with Crippen LogP contribution in [0.1, 0.15) is 26.7 Å². The summed E-state index contributed by atoms with van der Waals surface area (Å²) in [4.78, 5) is 25.9. The number of aromatic nitrogens is 2. The van der Waals surface area contributed by atoms with Crippen LogP contribution in [0.2, 0.25) is 0 Å². The first-order valence-electron chi connectivity index (χ1n) is 5.55. The molecule has 0 spiro atoms. The molecule has 0 radical (unpaired) electrons. The summed E-state index contributed by atoms with van der Waals surface area (Å²) in [5.41, 5.74) is -0.874. The average Bonchev–Trinajstić information content (AvgIpc) is 2.59. The fourth-order valence-electron chi connectivity index (χ4n) is 2.06. The van der Waals surface area contributed by atoms with Gasteiger partial charge in [-0.15, -0.1) is 0 Å². The Labute approximate surface area is 107 Å². The average molecular weight is 303 g/mol. The zero-order chi connectivity index (χ0) is 12.6. The maximum absolute atomic E-state index is 11.8. The molecule has 0 aromatic carbocycles. The molecule has 6 heteroatoms. The molecule has 2 rings (SSSR count). The van der Waals surface area contributed by atoms with Crippen molar-refractivity contribution in [2.45, 2.75) is 44.9 Å². The van der Waals surface area contributed by atoms with Gasteiger partial charge in [0, 0.05) is 6.20 Å². The Morgan fingerprint density at radius 1 is 1.59 bits per heavy atom. The predicted octanol–water partition coefficient (Wildman–Crippen LogP) is 1.26. The van der Waals surface area contributed by atoms with Crippen molar-refractivity contribution in [1.29, 1.82) is 0 Å². The highest BCUT2D eigenvalue weighted by molar-refractivity contribution is 9.10. The monoisotopic (exact) mass is 302 g/mol. The number of ether oxygens (including phenoxy) is 1. The second-order valence-corrected chi connectivity index (χ2v) is 5.75. The second-order valence-electron chi connectivity index (χ2n) is 4.90. The molecular formula is C11H15BrN2O3. The number of halogens is 1. The molecule has 0 bridgehead atoms. The lowest BCUT2D eigenvalue weighted by Gasteiger charge is -2.19. The van der Waals surface area contributed by atoms with Crippen molar-refractivity contribution in [3.05, 3.63) is 31.5 Å². The maximum Gasteiger partial charge on any atom is 0.328 e. The first-order chi connectivity index (χ1) is 7.89. The lowest BCUT2D eigenvalue weighted by atomic mass is 10.1. The Morgan fingerprint density at radius 3 is 2.88 bits per heavy atom. The van der Waals surface area contributed by atoms with Crippen molar-refractivity contribution in [3.63, 3.8) is 0 Å². The van der Waals surface area contributed by atoms with Gasteiger partial charge in [-0.25, -0.2) is 4.79 Å². The third kappa shape index (κ3) is 2.69. The third-order valence-corrected chi connectivity index (χ3v) is 3.53. The van der Waals surface area contributed by atoms with Crippen LogP contribution in [0.25, 0.3) is 0 Å². The molecule has 1 aliphatic heterocycles. The summed E-state index contributed by atoms with van der Waals surface area (Å²) in [6, 6.07) is 0. The van der Waals surface area contributed by atoms with E-state index in [1.54, 1.807) is 0 Å². The fraction of sp³-hybridized carbons (Fsp3) is 0.636. The molecule has 1 fully saturated rings. The number of aromatic amines is 1. The van der Waals surface area contributed by atoms with Gasteiger partial charge < -0.3 is 9.72 Å². The van der Waals surface area contributed by atoms with E-state index in [0.29, 0.717) is 11.0 Å². The molecule has 94 valence electrons. The van der Waals surface area contributed by atoms with E-state index in [2.05, 4.69) is 20.9 Å². The smallest absolute Gasteiger partial charge is 0.328 e. The lowest BCUT2D eigenvalue weighted by molar-refractivity contribution is -0.0225. The molecule has 2 heterocycles. The minimum Gasteiger partial charge on any atom is -0.370 e. The van der Waals surface area contributed by atoms with Crippen LogP contribution in [0.3, 0.4) is 0 Å². The molecule has 5 nitrogen and oxygen atoms in total. The van der Waals surface area contributed by atoms with Gasteiger partial charge in [-0.05, 0) is 42.6 Å². The minimum atomic E-state index is -0.397. The Morgan fingerprint density at radius 2 is 2.29 bits per heavy atom. The highest BCUT2D eigenvalue weighted by atomic mass is 79.9. The summed E-state index contributed by atoms with van der Waals surface area (Å²) in [5, 5.41) is 0. The van der Waals surface area contributed by atoms with E-state index in [1.807, 2.05) is 13.8 Å². The van der Waals surface area contributed by atoms with Crippen LogP contribution in [-0.2, 0) is 11.3 Å². The first kappa shape index (κ1) is 12.6. The van der Waals surface area contributed by atoms with Gasteiger partial charge in [-0.3, -0.25) is 9.36 Å². The van der Waals surface area contributed by atoms with Gasteiger partial charge in [-0.2, -0.15) is 0 Å². The molecule has 0 aliphatic carbocycles. The van der Waals surface area contributed by atoms with Gasteiger partial charge in [0.1, 0.15) is 0 Å². The summed E-state index contributed by atoms with van der Waals surface area (Å²) in [5.74, 6) is 0. The topological polar surface area (TPSA) is 64.1 Å².